The molecule has 1 aliphatic carbocycles. The Kier molecular flexibility index (Phi) is 5.98. The summed E-state index contributed by atoms with van der Waals surface area (Å²) >= 11 is 0. The van der Waals surface area contributed by atoms with Crippen LogP contribution in [0.3, 0.4) is 0 Å². The van der Waals surface area contributed by atoms with Crippen LogP contribution in [0.5, 0.6) is 0 Å². The van der Waals surface area contributed by atoms with Gasteiger partial charge in [-0.15, -0.1) is 4.91 Å². The summed E-state index contributed by atoms with van der Waals surface area (Å²) in [6.45, 7) is 14.2. The van der Waals surface area contributed by atoms with Crippen molar-refractivity contribution in [2.24, 2.45) is 16.1 Å². The molecule has 1 amide bonds. The number of carbonyl (C=O) groups excluding carboxylic acids is 1. The second kappa shape index (κ2) is 7.80. The lowest BCUT2D eigenvalue weighted by atomic mass is 10.0. The molecule has 2 rings (SSSR count). The Bertz CT molecular complexity index is 596. The Labute approximate surface area is 149 Å². The monoisotopic (exact) mass is 348 g/mol. The molecule has 7 heteroatoms. The van der Waals surface area contributed by atoms with E-state index < -0.39 is 5.60 Å². The van der Waals surface area contributed by atoms with Gasteiger partial charge in [-0.2, -0.15) is 0 Å². The lowest BCUT2D eigenvalue weighted by Gasteiger charge is -2.37. The van der Waals surface area contributed by atoms with Gasteiger partial charge >= 0.3 is 6.09 Å². The second-order valence-electron chi connectivity index (χ2n) is 7.58. The highest BCUT2D eigenvalue weighted by Gasteiger charge is 2.30. The first kappa shape index (κ1) is 19.1. The molecule has 0 bridgehead atoms. The number of piperazine rings is 1. The van der Waals surface area contributed by atoms with Gasteiger partial charge in [0, 0.05) is 31.8 Å². The van der Waals surface area contributed by atoms with Gasteiger partial charge < -0.3 is 14.5 Å². The molecule has 1 aliphatic heterocycles. The van der Waals surface area contributed by atoms with E-state index >= 15 is 0 Å². The standard InChI is InChI=1S/C18H28N4O3/c1-13-6-7-14(2)15(13)16(19-12-20-24)21-8-10-22(11-9-21)17(23)25-18(3,4)5/h12,14H,1,6-11H2,2-5H3/b16-15-,19-12-/t14-/m1/s1. The van der Waals surface area contributed by atoms with E-state index in [4.69, 9.17) is 4.74 Å². The highest BCUT2D eigenvalue weighted by molar-refractivity contribution is 5.68. The first-order chi connectivity index (χ1) is 11.7. The van der Waals surface area contributed by atoms with Crippen LogP contribution in [0, 0.1) is 10.8 Å². The first-order valence-electron chi connectivity index (χ1n) is 8.73. The minimum absolute atomic E-state index is 0.293. The van der Waals surface area contributed by atoms with Gasteiger partial charge in [-0.1, -0.05) is 13.5 Å². The van der Waals surface area contributed by atoms with Crippen LogP contribution in [0.15, 0.2) is 33.7 Å². The van der Waals surface area contributed by atoms with E-state index in [9.17, 15) is 9.70 Å². The Balaban J connectivity index is 2.12. The van der Waals surface area contributed by atoms with Gasteiger partial charge in [0.25, 0.3) is 0 Å². The topological polar surface area (TPSA) is 74.6 Å². The summed E-state index contributed by atoms with van der Waals surface area (Å²) in [5.41, 5.74) is 1.67. The van der Waals surface area contributed by atoms with Crippen LogP contribution in [-0.2, 0) is 4.74 Å². The molecule has 0 N–H and O–H groups in total. The normalized spacial score (nSPS) is 24.0. The molecule has 25 heavy (non-hydrogen) atoms. The quantitative estimate of drug-likeness (QED) is 0.444. The van der Waals surface area contributed by atoms with Gasteiger partial charge in [-0.3, -0.25) is 0 Å². The van der Waals surface area contributed by atoms with Crippen LogP contribution in [-0.4, -0.2) is 54.0 Å². The largest absolute Gasteiger partial charge is 0.444 e. The maximum atomic E-state index is 12.2. The Morgan fingerprint density at radius 3 is 2.32 bits per heavy atom. The molecule has 0 unspecified atom stereocenters. The predicted octanol–water partition coefficient (Wildman–Crippen LogP) is 3.53. The molecule has 1 saturated carbocycles. The average Bonchev–Trinajstić information content (AvgIpc) is 2.86. The van der Waals surface area contributed by atoms with Crippen molar-refractivity contribution in [3.8, 4) is 0 Å². The number of allylic oxidation sites excluding steroid dienone is 2. The molecule has 0 aromatic rings. The fourth-order valence-corrected chi connectivity index (χ4v) is 3.22. The van der Waals surface area contributed by atoms with Crippen LogP contribution in [0.25, 0.3) is 0 Å². The van der Waals surface area contributed by atoms with Crippen molar-refractivity contribution in [2.45, 2.75) is 46.1 Å². The number of carbonyl (C=O) groups is 1. The summed E-state index contributed by atoms with van der Waals surface area (Å²) < 4.78 is 5.43. The Hall–Kier alpha value is -2.18. The van der Waals surface area contributed by atoms with Gasteiger partial charge in [0.15, 0.2) is 6.34 Å². The van der Waals surface area contributed by atoms with E-state index in [1.165, 1.54) is 0 Å². The first-order valence-corrected chi connectivity index (χ1v) is 8.73. The van der Waals surface area contributed by atoms with Gasteiger partial charge in [0.2, 0.25) is 0 Å². The summed E-state index contributed by atoms with van der Waals surface area (Å²) in [5.74, 6) is 1.12. The van der Waals surface area contributed by atoms with Gasteiger partial charge in [-0.25, -0.2) is 9.79 Å². The van der Waals surface area contributed by atoms with Crippen molar-refractivity contribution in [1.82, 2.24) is 9.80 Å². The molecule has 0 aromatic carbocycles. The van der Waals surface area contributed by atoms with Crippen LogP contribution < -0.4 is 0 Å². The molecule has 2 aliphatic rings. The zero-order valence-electron chi connectivity index (χ0n) is 15.6. The number of hydrogen-bond donors (Lipinski definition) is 0. The van der Waals surface area contributed by atoms with E-state index in [-0.39, 0.29) is 6.09 Å². The van der Waals surface area contributed by atoms with Crippen molar-refractivity contribution in [3.63, 3.8) is 0 Å². The van der Waals surface area contributed by atoms with Gasteiger partial charge in [0.05, 0.1) is 0 Å². The van der Waals surface area contributed by atoms with Crippen LogP contribution >= 0.6 is 0 Å². The lowest BCUT2D eigenvalue weighted by Crippen LogP contribution is -2.49. The number of amides is 1. The minimum Gasteiger partial charge on any atom is -0.444 e. The number of aliphatic imine (C=N–C) groups is 1. The number of ether oxygens (including phenoxy) is 1. The van der Waals surface area contributed by atoms with Crippen LogP contribution in [0.1, 0.15) is 40.5 Å². The highest BCUT2D eigenvalue weighted by atomic mass is 16.6. The Morgan fingerprint density at radius 2 is 1.84 bits per heavy atom. The van der Waals surface area contributed by atoms with Crippen molar-refractivity contribution >= 4 is 12.4 Å². The van der Waals surface area contributed by atoms with E-state index in [1.807, 2.05) is 20.8 Å². The third-order valence-electron chi connectivity index (χ3n) is 4.45. The summed E-state index contributed by atoms with van der Waals surface area (Å²) in [6, 6.07) is 0. The van der Waals surface area contributed by atoms with E-state index in [2.05, 4.69) is 28.6 Å². The molecule has 138 valence electrons. The summed E-state index contributed by atoms with van der Waals surface area (Å²) in [5, 5.41) is 2.76. The Morgan fingerprint density at radius 1 is 1.24 bits per heavy atom. The summed E-state index contributed by atoms with van der Waals surface area (Å²) in [6.07, 6.45) is 2.74. The predicted molar refractivity (Wildman–Crippen MR) is 98.2 cm³/mol. The van der Waals surface area contributed by atoms with E-state index in [1.54, 1.807) is 4.90 Å². The molecule has 1 saturated heterocycles. The van der Waals surface area contributed by atoms with Crippen molar-refractivity contribution < 1.29 is 9.53 Å². The highest BCUT2D eigenvalue weighted by Crippen LogP contribution is 2.38. The molecular formula is C18H28N4O3. The maximum absolute atomic E-state index is 12.2. The summed E-state index contributed by atoms with van der Waals surface area (Å²) in [4.78, 5) is 30.8. The fraction of sp³-hybridized carbons (Fsp3) is 0.667. The van der Waals surface area contributed by atoms with Crippen LogP contribution in [0.2, 0.25) is 0 Å². The average molecular weight is 348 g/mol. The van der Waals surface area contributed by atoms with Crippen molar-refractivity contribution in [2.75, 3.05) is 26.2 Å². The van der Waals surface area contributed by atoms with Crippen LogP contribution in [0.4, 0.5) is 4.79 Å². The minimum atomic E-state index is -0.502. The fourth-order valence-electron chi connectivity index (χ4n) is 3.22. The number of nitroso groups, excluding NO2 is 1. The molecule has 0 aromatic heterocycles. The lowest BCUT2D eigenvalue weighted by molar-refractivity contribution is 0.0167. The SMILES string of the molecule is C=C1CC[C@@H](C)/C1=C(/N=C\N=O)N1CCN(C(=O)OC(C)(C)C)CC1. The third-order valence-corrected chi connectivity index (χ3v) is 4.45. The molecule has 7 nitrogen and oxygen atoms in total. The van der Waals surface area contributed by atoms with Crippen molar-refractivity contribution in [1.29, 1.82) is 0 Å². The molecule has 1 heterocycles. The number of nitrogens with zero attached hydrogens (tertiary/aromatic N) is 4. The zero-order valence-corrected chi connectivity index (χ0v) is 15.6. The molecule has 0 radical (unpaired) electrons. The number of rotatable bonds is 3. The maximum Gasteiger partial charge on any atom is 0.410 e. The van der Waals surface area contributed by atoms with E-state index in [0.717, 1.165) is 36.1 Å². The smallest absolute Gasteiger partial charge is 0.410 e. The van der Waals surface area contributed by atoms with Gasteiger partial charge in [-0.05, 0) is 50.3 Å². The van der Waals surface area contributed by atoms with E-state index in [0.29, 0.717) is 32.1 Å². The molecule has 0 spiro atoms. The third kappa shape index (κ3) is 4.90. The second-order valence-corrected chi connectivity index (χ2v) is 7.58. The molecule has 2 fully saturated rings. The number of hydrogen-bond acceptors (Lipinski definition) is 5. The van der Waals surface area contributed by atoms with Gasteiger partial charge in [0.1, 0.15) is 11.4 Å². The molecule has 1 atom stereocenters. The molecular weight excluding hydrogens is 320 g/mol. The summed E-state index contributed by atoms with van der Waals surface area (Å²) in [7, 11) is 0. The van der Waals surface area contributed by atoms with Crippen molar-refractivity contribution in [3.05, 3.63) is 28.5 Å². The zero-order chi connectivity index (χ0) is 18.6.